The van der Waals surface area contributed by atoms with Crippen LogP contribution in [0.2, 0.25) is 58.4 Å². The van der Waals surface area contributed by atoms with Crippen LogP contribution in [0.4, 0.5) is 0 Å². The molecule has 5 nitrogen and oxygen atoms in total. The lowest BCUT2D eigenvalue weighted by atomic mass is 10.5. The van der Waals surface area contributed by atoms with Gasteiger partial charge in [0.05, 0.1) is 8.80 Å². The topological polar surface area (TPSA) is 65.7 Å². The van der Waals surface area contributed by atoms with Crippen molar-refractivity contribution >= 4 is 34.2 Å². The van der Waals surface area contributed by atoms with E-state index >= 15 is 0 Å². The van der Waals surface area contributed by atoms with E-state index in [1.54, 1.807) is 0 Å². The molecule has 0 aliphatic rings. The van der Waals surface area contributed by atoms with E-state index in [-0.39, 0.29) is 0 Å². The second-order valence-electron chi connectivity index (χ2n) is 8.20. The number of nitrogens with one attached hydrogen (secondary N) is 1. The quantitative estimate of drug-likeness (QED) is 0.370. The molecule has 0 fully saturated rings. The van der Waals surface area contributed by atoms with Gasteiger partial charge >= 0.3 is 17.1 Å². The minimum Gasteiger partial charge on any atom is -0.437 e. The zero-order valence-electron chi connectivity index (χ0n) is 16.6. The van der Waals surface area contributed by atoms with Gasteiger partial charge in [-0.1, -0.05) is 13.1 Å². The first-order valence-electron chi connectivity index (χ1n) is 8.84. The maximum atomic E-state index is 6.60. The van der Waals surface area contributed by atoms with Gasteiger partial charge in [0.2, 0.25) is 0 Å². The summed E-state index contributed by atoms with van der Waals surface area (Å²) in [6.07, 6.45) is 1.97. The summed E-state index contributed by atoms with van der Waals surface area (Å²) in [7, 11) is -6.68. The van der Waals surface area contributed by atoms with E-state index < -0.39 is 34.2 Å². The summed E-state index contributed by atoms with van der Waals surface area (Å²) < 4.78 is 19.3. The van der Waals surface area contributed by atoms with Crippen molar-refractivity contribution in [2.24, 2.45) is 5.73 Å². The summed E-state index contributed by atoms with van der Waals surface area (Å²) in [6, 6.07) is 1.01. The summed E-state index contributed by atoms with van der Waals surface area (Å²) in [5.41, 5.74) is 5.51. The molecule has 1 atom stereocenters. The zero-order chi connectivity index (χ0) is 18.1. The van der Waals surface area contributed by atoms with Crippen LogP contribution in [0.25, 0.3) is 0 Å². The average molecular weight is 397 g/mol. The first-order valence-corrected chi connectivity index (χ1v) is 20.7. The van der Waals surface area contributed by atoms with E-state index in [0.717, 1.165) is 31.8 Å². The maximum absolute atomic E-state index is 6.60. The number of rotatable bonds is 13. The highest BCUT2D eigenvalue weighted by atomic mass is 28.5. The molecule has 0 rings (SSSR count). The Bertz CT molecular complexity index is 328. The largest absolute Gasteiger partial charge is 0.437 e. The van der Waals surface area contributed by atoms with E-state index in [1.807, 2.05) is 0 Å². The smallest absolute Gasteiger partial charge is 0.325 e. The molecule has 1 unspecified atom stereocenters. The molecule has 0 saturated heterocycles. The van der Waals surface area contributed by atoms with Crippen LogP contribution < -0.4 is 11.1 Å². The molecular formula is C14H40N2O3Si4. The van der Waals surface area contributed by atoms with Crippen LogP contribution in [0.15, 0.2) is 0 Å². The van der Waals surface area contributed by atoms with Crippen LogP contribution in [0.5, 0.6) is 0 Å². The highest BCUT2D eigenvalue weighted by Gasteiger charge is 2.42. The molecule has 23 heavy (non-hydrogen) atoms. The molecule has 0 aromatic rings. The highest BCUT2D eigenvalue weighted by Crippen LogP contribution is 2.24. The second-order valence-corrected chi connectivity index (χ2v) is 23.0. The van der Waals surface area contributed by atoms with Gasteiger partial charge in [0.1, 0.15) is 0 Å². The molecule has 0 aromatic heterocycles. The summed E-state index contributed by atoms with van der Waals surface area (Å²) in [4.78, 5) is 0. The van der Waals surface area contributed by atoms with Crippen molar-refractivity contribution in [3.63, 3.8) is 0 Å². The van der Waals surface area contributed by atoms with E-state index in [2.05, 4.69) is 57.7 Å². The van der Waals surface area contributed by atoms with Crippen molar-refractivity contribution in [2.45, 2.75) is 64.8 Å². The fraction of sp³-hybridized carbons (Fsp3) is 1.00. The summed E-state index contributed by atoms with van der Waals surface area (Å²) >= 11 is 0. The summed E-state index contributed by atoms with van der Waals surface area (Å²) in [6.45, 7) is 20.4. The monoisotopic (exact) mass is 396 g/mol. The van der Waals surface area contributed by atoms with Gasteiger partial charge in [0.25, 0.3) is 0 Å². The number of hydrogen-bond donors (Lipinski definition) is 2. The normalized spacial score (nSPS) is 15.9. The van der Waals surface area contributed by atoms with E-state index in [4.69, 9.17) is 18.4 Å². The minimum atomic E-state index is -2.19. The van der Waals surface area contributed by atoms with Gasteiger partial charge < -0.3 is 23.7 Å². The maximum Gasteiger partial charge on any atom is 0.325 e. The molecule has 0 aromatic carbocycles. The van der Waals surface area contributed by atoms with Gasteiger partial charge in [-0.05, 0) is 58.3 Å². The van der Waals surface area contributed by atoms with Gasteiger partial charge in [-0.3, -0.25) is 0 Å². The number of nitrogens with two attached hydrogens (primary N) is 1. The summed E-state index contributed by atoms with van der Waals surface area (Å²) in [5, 5.41) is 3.36. The van der Waals surface area contributed by atoms with Crippen molar-refractivity contribution < 1.29 is 12.7 Å². The van der Waals surface area contributed by atoms with Crippen LogP contribution in [0.3, 0.4) is 0 Å². The predicted octanol–water partition coefficient (Wildman–Crippen LogP) is 2.61. The average Bonchev–Trinajstić information content (AvgIpc) is 2.32. The van der Waals surface area contributed by atoms with Crippen LogP contribution in [-0.4, -0.2) is 60.1 Å². The van der Waals surface area contributed by atoms with Gasteiger partial charge in [-0.15, -0.1) is 0 Å². The third kappa shape index (κ3) is 13.6. The molecular weight excluding hydrogens is 357 g/mol. The highest BCUT2D eigenvalue weighted by molar-refractivity contribution is 6.86. The lowest BCUT2D eigenvalue weighted by molar-refractivity contribution is 0.256. The van der Waals surface area contributed by atoms with Gasteiger partial charge in [0.15, 0.2) is 8.32 Å². The van der Waals surface area contributed by atoms with Gasteiger partial charge in [0, 0.05) is 19.3 Å². The van der Waals surface area contributed by atoms with Crippen LogP contribution in [0.1, 0.15) is 6.42 Å². The molecule has 0 spiro atoms. The molecule has 140 valence electrons. The molecule has 0 saturated carbocycles. The van der Waals surface area contributed by atoms with Gasteiger partial charge in [-0.25, -0.2) is 0 Å². The minimum absolute atomic E-state index is 0.685. The molecule has 0 amide bonds. The Labute approximate surface area is 148 Å². The fourth-order valence-electron chi connectivity index (χ4n) is 2.54. The zero-order valence-corrected chi connectivity index (χ0v) is 20.8. The molecule has 0 radical (unpaired) electrons. The molecule has 0 aliphatic heterocycles. The molecule has 9 heteroatoms. The third-order valence-corrected chi connectivity index (χ3v) is 14.4. The van der Waals surface area contributed by atoms with Crippen LogP contribution in [0, 0.1) is 0 Å². The predicted molar refractivity (Wildman–Crippen MR) is 111 cm³/mol. The molecule has 3 N–H and O–H groups in total. The van der Waals surface area contributed by atoms with Crippen molar-refractivity contribution in [2.75, 3.05) is 25.9 Å². The Morgan fingerprint density at radius 2 is 1.57 bits per heavy atom. The van der Waals surface area contributed by atoms with Gasteiger partial charge in [-0.2, -0.15) is 0 Å². The van der Waals surface area contributed by atoms with Crippen molar-refractivity contribution in [3.05, 3.63) is 0 Å². The Morgan fingerprint density at radius 1 is 0.957 bits per heavy atom. The van der Waals surface area contributed by atoms with Crippen molar-refractivity contribution in [3.8, 4) is 0 Å². The molecule has 0 heterocycles. The number of hydrogen-bond acceptors (Lipinski definition) is 5. The Morgan fingerprint density at radius 3 is 2.04 bits per heavy atom. The Kier molecular flexibility index (Phi) is 10.9. The lowest BCUT2D eigenvalue weighted by Crippen LogP contribution is -2.54. The van der Waals surface area contributed by atoms with Crippen molar-refractivity contribution in [1.29, 1.82) is 0 Å². The van der Waals surface area contributed by atoms with E-state index in [0.29, 0.717) is 6.54 Å². The molecule has 0 aliphatic carbocycles. The van der Waals surface area contributed by atoms with E-state index in [9.17, 15) is 0 Å². The van der Waals surface area contributed by atoms with Crippen LogP contribution in [-0.2, 0) is 12.7 Å². The Hall–Kier alpha value is 0.668. The SMILES string of the molecule is C[SiH](C)CO[Si](C)(CCCNCCN)O[Si](C)(C)O[Si](C)(C)C. The molecule has 0 bridgehead atoms. The first-order chi connectivity index (χ1) is 10.4. The summed E-state index contributed by atoms with van der Waals surface area (Å²) in [5.74, 6) is 0. The standard InChI is InChI=1S/C14H40N2O3Si4/c1-20(2)14-17-23(8,13-9-11-16-12-10-15)19-22(6,7)18-21(3,4)5/h16,20H,9-15H2,1-8H3. The lowest BCUT2D eigenvalue weighted by Gasteiger charge is -2.38. The fourth-order valence-corrected chi connectivity index (χ4v) is 17.5. The Balaban J connectivity index is 4.69. The first kappa shape index (κ1) is 23.7. The van der Waals surface area contributed by atoms with Crippen LogP contribution >= 0.6 is 0 Å². The third-order valence-electron chi connectivity index (χ3n) is 3.04. The second kappa shape index (κ2) is 10.6. The van der Waals surface area contributed by atoms with Crippen molar-refractivity contribution in [1.82, 2.24) is 5.32 Å². The van der Waals surface area contributed by atoms with E-state index in [1.165, 1.54) is 0 Å².